The first-order valence-corrected chi connectivity index (χ1v) is 7.32. The Balaban J connectivity index is 2.40. The van der Waals surface area contributed by atoms with Gasteiger partial charge in [-0.05, 0) is 24.5 Å². The van der Waals surface area contributed by atoms with E-state index in [1.165, 1.54) is 25.3 Å². The highest BCUT2D eigenvalue weighted by Gasteiger charge is 2.23. The maximum absolute atomic E-state index is 13.2. The fourth-order valence-electron chi connectivity index (χ4n) is 2.03. The van der Waals surface area contributed by atoms with Crippen molar-refractivity contribution in [3.8, 4) is 0 Å². The topological polar surface area (TPSA) is 12.0 Å². The normalized spacial score (nSPS) is 11.4. The molecule has 0 bridgehead atoms. The van der Waals surface area contributed by atoms with Crippen LogP contribution < -0.4 is 5.32 Å². The van der Waals surface area contributed by atoms with Crippen LogP contribution in [-0.2, 0) is 12.5 Å². The zero-order valence-corrected chi connectivity index (χ0v) is 12.5. The first kappa shape index (κ1) is 16.7. The zero-order valence-electron chi connectivity index (χ0n) is 12.5. The minimum atomic E-state index is -2.78. The SMILES string of the molecule is C=C(CCCCCC)NCc1cccc(C(C)(F)F)c1. The molecule has 0 aliphatic heterocycles. The van der Waals surface area contributed by atoms with Crippen molar-refractivity contribution in [3.05, 3.63) is 47.7 Å². The lowest BCUT2D eigenvalue weighted by atomic mass is 10.1. The first-order chi connectivity index (χ1) is 9.43. The molecule has 0 aromatic heterocycles. The second kappa shape index (κ2) is 8.03. The summed E-state index contributed by atoms with van der Waals surface area (Å²) in [4.78, 5) is 0. The summed E-state index contributed by atoms with van der Waals surface area (Å²) in [6.07, 6.45) is 5.77. The molecule has 0 unspecified atom stereocenters. The number of allylic oxidation sites excluding steroid dienone is 1. The lowest BCUT2D eigenvalue weighted by Gasteiger charge is -2.13. The van der Waals surface area contributed by atoms with Crippen LogP contribution in [0.25, 0.3) is 0 Å². The van der Waals surface area contributed by atoms with E-state index in [0.717, 1.165) is 31.0 Å². The van der Waals surface area contributed by atoms with E-state index in [1.807, 2.05) is 6.07 Å². The van der Waals surface area contributed by atoms with Crippen LogP contribution >= 0.6 is 0 Å². The van der Waals surface area contributed by atoms with Gasteiger partial charge in [-0.25, -0.2) is 8.78 Å². The zero-order chi connectivity index (χ0) is 15.0. The monoisotopic (exact) mass is 281 g/mol. The van der Waals surface area contributed by atoms with Gasteiger partial charge in [0.1, 0.15) is 0 Å². The minimum absolute atomic E-state index is 0.0605. The predicted octanol–water partition coefficient (Wildman–Crippen LogP) is 5.37. The quantitative estimate of drug-likeness (QED) is 0.600. The number of rotatable bonds is 9. The average Bonchev–Trinajstić information content (AvgIpc) is 2.41. The van der Waals surface area contributed by atoms with Crippen LogP contribution in [0.2, 0.25) is 0 Å². The number of alkyl halides is 2. The standard InChI is InChI=1S/C17H25F2N/c1-4-5-6-7-9-14(2)20-13-15-10-8-11-16(12-15)17(3,18)19/h8,10-12,20H,2,4-7,9,13H2,1,3H3. The molecule has 0 heterocycles. The maximum atomic E-state index is 13.2. The molecular formula is C17H25F2N. The number of hydrogen-bond donors (Lipinski definition) is 1. The Bertz CT molecular complexity index is 421. The Morgan fingerprint density at radius 3 is 2.65 bits per heavy atom. The van der Waals surface area contributed by atoms with Gasteiger partial charge in [0.2, 0.25) is 0 Å². The number of hydrogen-bond acceptors (Lipinski definition) is 1. The van der Waals surface area contributed by atoms with E-state index in [2.05, 4.69) is 18.8 Å². The molecule has 1 rings (SSSR count). The fourth-order valence-corrected chi connectivity index (χ4v) is 2.03. The molecule has 0 aliphatic carbocycles. The number of halogens is 2. The van der Waals surface area contributed by atoms with E-state index in [9.17, 15) is 8.78 Å². The summed E-state index contributed by atoms with van der Waals surface area (Å²) in [5.74, 6) is -2.78. The van der Waals surface area contributed by atoms with E-state index in [0.29, 0.717) is 6.54 Å². The van der Waals surface area contributed by atoms with Gasteiger partial charge in [-0.2, -0.15) is 0 Å². The minimum Gasteiger partial charge on any atom is -0.385 e. The van der Waals surface area contributed by atoms with Gasteiger partial charge < -0.3 is 5.32 Å². The van der Waals surface area contributed by atoms with Crippen molar-refractivity contribution in [2.24, 2.45) is 0 Å². The van der Waals surface area contributed by atoms with Gasteiger partial charge in [0, 0.05) is 24.7 Å². The van der Waals surface area contributed by atoms with Crippen LogP contribution in [0.5, 0.6) is 0 Å². The van der Waals surface area contributed by atoms with Crippen LogP contribution in [0.4, 0.5) is 8.78 Å². The molecule has 3 heteroatoms. The van der Waals surface area contributed by atoms with Crippen molar-refractivity contribution in [1.82, 2.24) is 5.32 Å². The summed E-state index contributed by atoms with van der Waals surface area (Å²) < 4.78 is 26.5. The molecule has 1 nitrogen and oxygen atoms in total. The van der Waals surface area contributed by atoms with Gasteiger partial charge in [0.25, 0.3) is 5.92 Å². The molecule has 0 saturated carbocycles. The number of unbranched alkanes of at least 4 members (excludes halogenated alkanes) is 3. The van der Waals surface area contributed by atoms with Crippen LogP contribution in [0.3, 0.4) is 0 Å². The van der Waals surface area contributed by atoms with Crippen molar-refractivity contribution in [3.63, 3.8) is 0 Å². The molecule has 0 spiro atoms. The third-order valence-electron chi connectivity index (χ3n) is 3.31. The second-order valence-electron chi connectivity index (χ2n) is 5.36. The first-order valence-electron chi connectivity index (χ1n) is 7.32. The summed E-state index contributed by atoms with van der Waals surface area (Å²) in [5.41, 5.74) is 1.90. The Morgan fingerprint density at radius 1 is 1.25 bits per heavy atom. The molecule has 1 N–H and O–H groups in total. The van der Waals surface area contributed by atoms with Crippen molar-refractivity contribution < 1.29 is 8.78 Å². The summed E-state index contributed by atoms with van der Waals surface area (Å²) in [5, 5.41) is 3.22. The van der Waals surface area contributed by atoms with Gasteiger partial charge in [-0.3, -0.25) is 0 Å². The van der Waals surface area contributed by atoms with Gasteiger partial charge >= 0.3 is 0 Å². The van der Waals surface area contributed by atoms with Crippen LogP contribution in [0, 0.1) is 0 Å². The largest absolute Gasteiger partial charge is 0.385 e. The Labute approximate surface area is 121 Å². The molecule has 0 saturated heterocycles. The molecule has 1 aromatic rings. The molecule has 0 amide bonds. The maximum Gasteiger partial charge on any atom is 0.270 e. The Morgan fingerprint density at radius 2 is 2.00 bits per heavy atom. The van der Waals surface area contributed by atoms with Crippen LogP contribution in [-0.4, -0.2) is 0 Å². The van der Waals surface area contributed by atoms with Crippen molar-refractivity contribution in [2.75, 3.05) is 0 Å². The van der Waals surface area contributed by atoms with Crippen molar-refractivity contribution in [1.29, 1.82) is 0 Å². The third-order valence-corrected chi connectivity index (χ3v) is 3.31. The van der Waals surface area contributed by atoms with Gasteiger partial charge in [0.05, 0.1) is 0 Å². The second-order valence-corrected chi connectivity index (χ2v) is 5.36. The van der Waals surface area contributed by atoms with E-state index in [-0.39, 0.29) is 5.56 Å². The fraction of sp³-hybridized carbons (Fsp3) is 0.529. The highest BCUT2D eigenvalue weighted by Crippen LogP contribution is 2.27. The van der Waals surface area contributed by atoms with Crippen LogP contribution in [0.15, 0.2) is 36.5 Å². The van der Waals surface area contributed by atoms with Gasteiger partial charge in [-0.1, -0.05) is 51.0 Å². The summed E-state index contributed by atoms with van der Waals surface area (Å²) in [6.45, 7) is 7.64. The Kier molecular flexibility index (Phi) is 6.69. The van der Waals surface area contributed by atoms with E-state index < -0.39 is 5.92 Å². The molecule has 0 radical (unpaired) electrons. The molecule has 20 heavy (non-hydrogen) atoms. The summed E-state index contributed by atoms with van der Waals surface area (Å²) >= 11 is 0. The van der Waals surface area contributed by atoms with Crippen LogP contribution in [0.1, 0.15) is 57.1 Å². The lowest BCUT2D eigenvalue weighted by Crippen LogP contribution is -2.13. The van der Waals surface area contributed by atoms with E-state index in [1.54, 1.807) is 12.1 Å². The summed E-state index contributed by atoms with van der Waals surface area (Å²) in [7, 11) is 0. The van der Waals surface area contributed by atoms with Gasteiger partial charge in [0.15, 0.2) is 0 Å². The van der Waals surface area contributed by atoms with Gasteiger partial charge in [-0.15, -0.1) is 0 Å². The molecule has 112 valence electrons. The highest BCUT2D eigenvalue weighted by atomic mass is 19.3. The lowest BCUT2D eigenvalue weighted by molar-refractivity contribution is 0.0174. The van der Waals surface area contributed by atoms with E-state index in [4.69, 9.17) is 0 Å². The van der Waals surface area contributed by atoms with Crippen molar-refractivity contribution in [2.45, 2.75) is 58.4 Å². The highest BCUT2D eigenvalue weighted by molar-refractivity contribution is 5.26. The Hall–Kier alpha value is -1.38. The molecular weight excluding hydrogens is 256 g/mol. The average molecular weight is 281 g/mol. The van der Waals surface area contributed by atoms with Crippen molar-refractivity contribution >= 4 is 0 Å². The predicted molar refractivity (Wildman–Crippen MR) is 80.7 cm³/mol. The molecule has 0 fully saturated rings. The smallest absolute Gasteiger partial charge is 0.270 e. The van der Waals surface area contributed by atoms with E-state index >= 15 is 0 Å². The number of benzene rings is 1. The molecule has 0 aliphatic rings. The third kappa shape index (κ3) is 6.18. The molecule has 0 atom stereocenters. The molecule has 1 aromatic carbocycles. The number of nitrogens with one attached hydrogen (secondary N) is 1. The summed E-state index contributed by atoms with van der Waals surface area (Å²) in [6, 6.07) is 6.54.